The van der Waals surface area contributed by atoms with Crippen molar-refractivity contribution in [3.63, 3.8) is 0 Å². The van der Waals surface area contributed by atoms with E-state index in [1.54, 1.807) is 71.9 Å². The highest BCUT2D eigenvalue weighted by atomic mass is 16.6. The Morgan fingerprint density at radius 2 is 1.61 bits per heavy atom. The van der Waals surface area contributed by atoms with Gasteiger partial charge in [-0.2, -0.15) is 0 Å². The van der Waals surface area contributed by atoms with E-state index in [1.807, 2.05) is 30.3 Å². The number of benzene rings is 2. The van der Waals surface area contributed by atoms with Crippen LogP contribution in [-0.2, 0) is 30.3 Å². The number of hydrogen-bond acceptors (Lipinski definition) is 6. The van der Waals surface area contributed by atoms with Gasteiger partial charge in [0, 0.05) is 12.5 Å². The highest BCUT2D eigenvalue weighted by Gasteiger charge is 2.35. The van der Waals surface area contributed by atoms with E-state index < -0.39 is 53.7 Å². The Morgan fingerprint density at radius 1 is 0.976 bits per heavy atom. The van der Waals surface area contributed by atoms with Gasteiger partial charge in [0.1, 0.15) is 29.8 Å². The van der Waals surface area contributed by atoms with Gasteiger partial charge in [0.05, 0.1) is 0 Å². The summed E-state index contributed by atoms with van der Waals surface area (Å²) < 4.78 is 10.8. The van der Waals surface area contributed by atoms with Crippen LogP contribution in [0.3, 0.4) is 0 Å². The lowest BCUT2D eigenvalue weighted by Gasteiger charge is -2.30. The molecular formula is C32H39N3O6. The Bertz CT molecular complexity index is 1280. The van der Waals surface area contributed by atoms with E-state index in [9.17, 15) is 19.2 Å². The molecular weight excluding hydrogens is 522 g/mol. The number of hydrogen-bond donors (Lipinski definition) is 2. The predicted octanol–water partition coefficient (Wildman–Crippen LogP) is 4.38. The van der Waals surface area contributed by atoms with Crippen LogP contribution in [0.5, 0.6) is 0 Å². The first-order chi connectivity index (χ1) is 19.1. The van der Waals surface area contributed by atoms with Crippen molar-refractivity contribution in [2.45, 2.75) is 71.2 Å². The average molecular weight is 562 g/mol. The van der Waals surface area contributed by atoms with E-state index in [0.717, 1.165) is 10.5 Å². The molecule has 9 heteroatoms. The maximum atomic E-state index is 13.9. The molecule has 0 saturated heterocycles. The summed E-state index contributed by atoms with van der Waals surface area (Å²) in [6, 6.07) is 15.8. The molecule has 41 heavy (non-hydrogen) atoms. The molecule has 2 N–H and O–H groups in total. The van der Waals surface area contributed by atoms with Gasteiger partial charge in [0.2, 0.25) is 5.91 Å². The molecule has 9 nitrogen and oxygen atoms in total. The van der Waals surface area contributed by atoms with Crippen molar-refractivity contribution in [1.82, 2.24) is 15.5 Å². The van der Waals surface area contributed by atoms with E-state index in [0.29, 0.717) is 11.1 Å². The van der Waals surface area contributed by atoms with Gasteiger partial charge < -0.3 is 20.1 Å². The highest BCUT2D eigenvalue weighted by Crippen LogP contribution is 2.24. The van der Waals surface area contributed by atoms with Crippen LogP contribution in [0.25, 0.3) is 6.08 Å². The molecule has 0 aliphatic heterocycles. The normalized spacial score (nSPS) is 12.6. The average Bonchev–Trinajstić information content (AvgIpc) is 2.88. The van der Waals surface area contributed by atoms with Crippen LogP contribution in [0.1, 0.15) is 64.3 Å². The summed E-state index contributed by atoms with van der Waals surface area (Å²) in [6.07, 6.45) is 6.66. The number of rotatable bonds is 10. The molecule has 0 spiro atoms. The van der Waals surface area contributed by atoms with Gasteiger partial charge in [-0.25, -0.2) is 9.59 Å². The smallest absolute Gasteiger partial charge is 0.408 e. The molecule has 0 bridgehead atoms. The largest absolute Gasteiger partial charge is 0.458 e. The van der Waals surface area contributed by atoms with E-state index >= 15 is 0 Å². The topological polar surface area (TPSA) is 114 Å². The summed E-state index contributed by atoms with van der Waals surface area (Å²) >= 11 is 0. The van der Waals surface area contributed by atoms with Crippen LogP contribution >= 0.6 is 0 Å². The second-order valence-corrected chi connectivity index (χ2v) is 11.3. The minimum absolute atomic E-state index is 0.144. The third-order valence-corrected chi connectivity index (χ3v) is 5.45. The number of esters is 1. The van der Waals surface area contributed by atoms with E-state index in [4.69, 9.17) is 15.9 Å². The molecule has 0 fully saturated rings. The van der Waals surface area contributed by atoms with E-state index in [1.165, 1.54) is 0 Å². The summed E-state index contributed by atoms with van der Waals surface area (Å²) in [7, 11) is 0. The summed E-state index contributed by atoms with van der Waals surface area (Å²) in [4.78, 5) is 53.3. The molecule has 0 aliphatic rings. The van der Waals surface area contributed by atoms with E-state index in [2.05, 4.69) is 23.3 Å². The maximum absolute atomic E-state index is 13.9. The SMILES string of the molecule is C#CN(C(=O)CNC(=O)OC(C)(C)C)C(C(=O)NC(Cc1ccccc1)C(=O)OC(C)(C)C)c1cccc(C=C)c1. The summed E-state index contributed by atoms with van der Waals surface area (Å²) in [5.74, 6) is -2.08. The first kappa shape index (κ1) is 32.6. The number of nitrogens with zero attached hydrogens (tertiary/aromatic N) is 1. The second-order valence-electron chi connectivity index (χ2n) is 11.3. The minimum atomic E-state index is -1.34. The number of carbonyl (C=O) groups excluding carboxylic acids is 4. The van der Waals surface area contributed by atoms with Crippen LogP contribution < -0.4 is 10.6 Å². The van der Waals surface area contributed by atoms with Gasteiger partial charge >= 0.3 is 12.1 Å². The minimum Gasteiger partial charge on any atom is -0.458 e. The molecule has 2 atom stereocenters. The van der Waals surface area contributed by atoms with Gasteiger partial charge in [-0.15, -0.1) is 0 Å². The number of ether oxygens (including phenoxy) is 2. The molecule has 2 rings (SSSR count). The molecule has 0 radical (unpaired) electrons. The molecule has 0 aliphatic carbocycles. The van der Waals surface area contributed by atoms with Crippen molar-refractivity contribution in [2.75, 3.05) is 6.54 Å². The number of carbonyl (C=O) groups is 4. The molecule has 3 amide bonds. The number of nitrogens with one attached hydrogen (secondary N) is 2. The first-order valence-corrected chi connectivity index (χ1v) is 13.2. The van der Waals surface area contributed by atoms with Crippen LogP contribution in [0.15, 0.2) is 61.2 Å². The Morgan fingerprint density at radius 3 is 2.17 bits per heavy atom. The van der Waals surface area contributed by atoms with Crippen molar-refractivity contribution in [1.29, 1.82) is 0 Å². The third kappa shape index (κ3) is 10.8. The predicted molar refractivity (Wildman–Crippen MR) is 157 cm³/mol. The Balaban J connectivity index is 2.43. The summed E-state index contributed by atoms with van der Waals surface area (Å²) in [6.45, 7) is 13.5. The Labute approximate surface area is 242 Å². The Kier molecular flexibility index (Phi) is 11.3. The summed E-state index contributed by atoms with van der Waals surface area (Å²) in [5.41, 5.74) is 0.279. The van der Waals surface area contributed by atoms with Gasteiger partial charge in [0.15, 0.2) is 0 Å². The van der Waals surface area contributed by atoms with Crippen LogP contribution in [0.4, 0.5) is 4.79 Å². The molecule has 2 aromatic carbocycles. The zero-order chi connectivity index (χ0) is 30.8. The Hall–Kier alpha value is -4.58. The third-order valence-electron chi connectivity index (χ3n) is 5.45. The maximum Gasteiger partial charge on any atom is 0.408 e. The molecule has 0 aromatic heterocycles. The van der Waals surface area contributed by atoms with Crippen molar-refractivity contribution >= 4 is 30.0 Å². The van der Waals surface area contributed by atoms with Crippen LogP contribution in [-0.4, -0.2) is 52.6 Å². The number of amides is 3. The number of alkyl carbamates (subject to hydrolysis) is 1. The quantitative estimate of drug-likeness (QED) is 0.253. The lowest BCUT2D eigenvalue weighted by atomic mass is 10.00. The van der Waals surface area contributed by atoms with Gasteiger partial charge in [0.25, 0.3) is 5.91 Å². The molecule has 2 aromatic rings. The van der Waals surface area contributed by atoms with Crippen molar-refractivity contribution < 1.29 is 28.7 Å². The lowest BCUT2D eigenvalue weighted by Crippen LogP contribution is -2.51. The van der Waals surface area contributed by atoms with Crippen molar-refractivity contribution in [3.8, 4) is 12.5 Å². The van der Waals surface area contributed by atoms with Crippen molar-refractivity contribution in [3.05, 3.63) is 77.9 Å². The highest BCUT2D eigenvalue weighted by molar-refractivity contribution is 5.93. The molecule has 0 saturated carbocycles. The molecule has 0 heterocycles. The lowest BCUT2D eigenvalue weighted by molar-refractivity contribution is -0.159. The van der Waals surface area contributed by atoms with Crippen molar-refractivity contribution in [2.24, 2.45) is 0 Å². The fraction of sp³-hybridized carbons (Fsp3) is 0.375. The fourth-order valence-corrected chi connectivity index (χ4v) is 3.78. The van der Waals surface area contributed by atoms with Crippen LogP contribution in [0.2, 0.25) is 0 Å². The fourth-order valence-electron chi connectivity index (χ4n) is 3.78. The van der Waals surface area contributed by atoms with Gasteiger partial charge in [-0.3, -0.25) is 14.5 Å². The molecule has 2 unspecified atom stereocenters. The zero-order valence-electron chi connectivity index (χ0n) is 24.5. The van der Waals surface area contributed by atoms with E-state index in [-0.39, 0.29) is 6.42 Å². The standard InChI is InChI=1S/C32H39N3O6/c1-9-22-17-14-18-24(19-22)27(35(10-2)26(36)21-33-30(39)41-32(6,7)8)28(37)34-25(29(38)40-31(3,4)5)20-23-15-12-11-13-16-23/h2,9,11-19,25,27H,1,20-21H2,3-8H3,(H,33,39)(H,34,37). The second kappa shape index (κ2) is 14.2. The molecule has 218 valence electrons. The van der Waals surface area contributed by atoms with Gasteiger partial charge in [-0.1, -0.05) is 67.6 Å². The first-order valence-electron chi connectivity index (χ1n) is 13.2. The van der Waals surface area contributed by atoms with Gasteiger partial charge in [-0.05, 0) is 64.3 Å². The zero-order valence-corrected chi connectivity index (χ0v) is 24.5. The monoisotopic (exact) mass is 561 g/mol. The number of terminal acetylenes is 1. The van der Waals surface area contributed by atoms with Crippen LogP contribution in [0, 0.1) is 12.5 Å². The summed E-state index contributed by atoms with van der Waals surface area (Å²) in [5, 5.41) is 5.12.